The summed E-state index contributed by atoms with van der Waals surface area (Å²) in [6, 6.07) is 15.1. The Morgan fingerprint density at radius 3 is 2.39 bits per heavy atom. The Balaban J connectivity index is 1.79. The van der Waals surface area contributed by atoms with Gasteiger partial charge in [-0.1, -0.05) is 54.6 Å². The van der Waals surface area contributed by atoms with Crippen LogP contribution in [0.5, 0.6) is 0 Å². The van der Waals surface area contributed by atoms with Crippen molar-refractivity contribution in [2.75, 3.05) is 20.1 Å². The molecule has 0 N–H and O–H groups in total. The second-order valence-corrected chi connectivity index (χ2v) is 8.86. The van der Waals surface area contributed by atoms with Crippen molar-refractivity contribution in [1.82, 2.24) is 9.80 Å². The largest absolute Gasteiger partial charge is 0.345 e. The highest BCUT2D eigenvalue weighted by Crippen LogP contribution is 2.56. The molecule has 2 aromatic rings. The highest BCUT2D eigenvalue weighted by molar-refractivity contribution is 6.08. The normalized spacial score (nSPS) is 30.2. The van der Waals surface area contributed by atoms with Crippen LogP contribution in [0.4, 0.5) is 0 Å². The quantitative estimate of drug-likeness (QED) is 0.426. The Hall–Kier alpha value is -3.22. The summed E-state index contributed by atoms with van der Waals surface area (Å²) in [6.07, 6.45) is 1.79. The van der Waals surface area contributed by atoms with Crippen LogP contribution in [0.25, 0.3) is 0 Å². The second kappa shape index (κ2) is 7.18. The Morgan fingerprint density at radius 1 is 1.00 bits per heavy atom. The highest BCUT2D eigenvalue weighted by atomic mass is 16.6. The van der Waals surface area contributed by atoms with Crippen molar-refractivity contribution in [2.24, 2.45) is 5.41 Å². The van der Waals surface area contributed by atoms with Gasteiger partial charge in [0.05, 0.1) is 5.92 Å². The number of fused-ring (bicyclic) bond motifs is 3. The number of aryl methyl sites for hydroxylation is 1. The molecule has 5 rings (SSSR count). The third kappa shape index (κ3) is 2.72. The van der Waals surface area contributed by atoms with Crippen molar-refractivity contribution in [3.05, 3.63) is 81.4 Å². The van der Waals surface area contributed by atoms with Crippen molar-refractivity contribution in [1.29, 1.82) is 0 Å². The molecule has 0 aliphatic carbocycles. The van der Waals surface area contributed by atoms with Crippen LogP contribution in [0.3, 0.4) is 0 Å². The Labute approximate surface area is 180 Å². The zero-order valence-electron chi connectivity index (χ0n) is 17.4. The number of rotatable bonds is 2. The van der Waals surface area contributed by atoms with Crippen molar-refractivity contribution < 1.29 is 14.5 Å². The molecule has 0 unspecified atom stereocenters. The average Bonchev–Trinajstić information content (AvgIpc) is 2.96. The number of likely N-dealkylation sites (tertiary alicyclic amines) is 1. The van der Waals surface area contributed by atoms with E-state index in [1.807, 2.05) is 54.6 Å². The van der Waals surface area contributed by atoms with Gasteiger partial charge in [-0.2, -0.15) is 0 Å². The number of hydrogen-bond donors (Lipinski definition) is 0. The molecule has 31 heavy (non-hydrogen) atoms. The van der Waals surface area contributed by atoms with Gasteiger partial charge in [0, 0.05) is 25.1 Å². The molecule has 4 atom stereocenters. The number of nitrogens with zero attached hydrogens (tertiary/aromatic N) is 3. The van der Waals surface area contributed by atoms with E-state index < -0.39 is 23.4 Å². The summed E-state index contributed by atoms with van der Waals surface area (Å²) < 4.78 is 0. The predicted octanol–water partition coefficient (Wildman–Crippen LogP) is 2.79. The molecule has 3 aliphatic heterocycles. The van der Waals surface area contributed by atoms with Crippen LogP contribution in [0.15, 0.2) is 54.6 Å². The summed E-state index contributed by atoms with van der Waals surface area (Å²) in [5, 5.41) is 12.7. The molecule has 1 spiro atoms. The van der Waals surface area contributed by atoms with Gasteiger partial charge in [-0.05, 0) is 36.0 Å². The number of carbonyl (C=O) groups is 2. The van der Waals surface area contributed by atoms with Gasteiger partial charge in [0.15, 0.2) is 0 Å². The standard InChI is InChI=1S/C24H25N3O4/c1-25-15-13-24(22(25)28)19(17-9-3-2-4-10-17)21(27(30)31)20-18-12-6-5-8-16(18)11-7-14-26(20)23(24)29/h2-6,8-10,12,19-21H,7,11,13-15H2,1H3/t19-,20+,21-,24+/m1/s1. The zero-order chi connectivity index (χ0) is 21.8. The summed E-state index contributed by atoms with van der Waals surface area (Å²) in [4.78, 5) is 43.3. The van der Waals surface area contributed by atoms with Crippen LogP contribution in [0.1, 0.15) is 41.5 Å². The van der Waals surface area contributed by atoms with Crippen LogP contribution in [-0.4, -0.2) is 52.7 Å². The molecule has 2 saturated heterocycles. The molecule has 3 heterocycles. The van der Waals surface area contributed by atoms with Gasteiger partial charge in [-0.3, -0.25) is 19.7 Å². The molecular weight excluding hydrogens is 394 g/mol. The lowest BCUT2D eigenvalue weighted by molar-refractivity contribution is -0.540. The van der Waals surface area contributed by atoms with Crippen LogP contribution in [-0.2, 0) is 16.0 Å². The first-order chi connectivity index (χ1) is 15.0. The molecule has 2 fully saturated rings. The van der Waals surface area contributed by atoms with Crippen molar-refractivity contribution in [2.45, 2.75) is 37.3 Å². The number of nitro groups is 1. The van der Waals surface area contributed by atoms with Gasteiger partial charge in [-0.15, -0.1) is 0 Å². The number of piperidine rings is 1. The Bertz CT molecular complexity index is 1060. The lowest BCUT2D eigenvalue weighted by Crippen LogP contribution is -2.63. The van der Waals surface area contributed by atoms with Gasteiger partial charge < -0.3 is 9.80 Å². The zero-order valence-corrected chi connectivity index (χ0v) is 17.4. The van der Waals surface area contributed by atoms with E-state index in [9.17, 15) is 19.7 Å². The molecule has 0 radical (unpaired) electrons. The molecule has 0 saturated carbocycles. The summed E-state index contributed by atoms with van der Waals surface area (Å²) in [5.74, 6) is -1.37. The first kappa shape index (κ1) is 19.7. The predicted molar refractivity (Wildman–Crippen MR) is 114 cm³/mol. The topological polar surface area (TPSA) is 83.8 Å². The average molecular weight is 419 g/mol. The summed E-state index contributed by atoms with van der Waals surface area (Å²) >= 11 is 0. The maximum Gasteiger partial charge on any atom is 0.245 e. The molecular formula is C24H25N3O4. The fraction of sp³-hybridized carbons (Fsp3) is 0.417. The SMILES string of the molecule is CN1CC[C@]2(C1=O)C(=O)N1CCCc3ccccc3[C@H]1[C@H]([N+](=O)[O-])[C@H]2c1ccccc1. The molecule has 2 amide bonds. The van der Waals surface area contributed by atoms with Crippen LogP contribution >= 0.6 is 0 Å². The maximum atomic E-state index is 14.1. The van der Waals surface area contributed by atoms with E-state index in [2.05, 4.69) is 0 Å². The van der Waals surface area contributed by atoms with Crippen LogP contribution in [0, 0.1) is 15.5 Å². The third-order valence-electron chi connectivity index (χ3n) is 7.37. The molecule has 2 aromatic carbocycles. The first-order valence-corrected chi connectivity index (χ1v) is 10.8. The van der Waals surface area contributed by atoms with Crippen molar-refractivity contribution in [3.8, 4) is 0 Å². The van der Waals surface area contributed by atoms with Gasteiger partial charge >= 0.3 is 0 Å². The van der Waals surface area contributed by atoms with Gasteiger partial charge in [0.1, 0.15) is 11.5 Å². The molecule has 7 heteroatoms. The molecule has 7 nitrogen and oxygen atoms in total. The van der Waals surface area contributed by atoms with Crippen LogP contribution in [0.2, 0.25) is 0 Å². The summed E-state index contributed by atoms with van der Waals surface area (Å²) in [7, 11) is 1.68. The lowest BCUT2D eigenvalue weighted by atomic mass is 9.61. The van der Waals surface area contributed by atoms with Gasteiger partial charge in [0.25, 0.3) is 0 Å². The molecule has 160 valence electrons. The number of benzene rings is 2. The van der Waals surface area contributed by atoms with Crippen molar-refractivity contribution >= 4 is 11.8 Å². The summed E-state index contributed by atoms with van der Waals surface area (Å²) in [5.41, 5.74) is 1.14. The number of carbonyl (C=O) groups excluding carboxylic acids is 2. The highest BCUT2D eigenvalue weighted by Gasteiger charge is 2.69. The monoisotopic (exact) mass is 419 g/mol. The van der Waals surface area contributed by atoms with Crippen LogP contribution < -0.4 is 0 Å². The van der Waals surface area contributed by atoms with E-state index in [-0.39, 0.29) is 16.7 Å². The number of hydrogen-bond acceptors (Lipinski definition) is 4. The van der Waals surface area contributed by atoms with E-state index >= 15 is 0 Å². The van der Waals surface area contributed by atoms with E-state index in [1.54, 1.807) is 16.8 Å². The fourth-order valence-corrected chi connectivity index (χ4v) is 6.02. The van der Waals surface area contributed by atoms with Gasteiger partial charge in [-0.25, -0.2) is 0 Å². The van der Waals surface area contributed by atoms with Gasteiger partial charge in [0.2, 0.25) is 17.9 Å². The maximum absolute atomic E-state index is 14.1. The van der Waals surface area contributed by atoms with Crippen molar-refractivity contribution in [3.63, 3.8) is 0 Å². The smallest absolute Gasteiger partial charge is 0.245 e. The molecule has 0 aromatic heterocycles. The van der Waals surface area contributed by atoms with E-state index in [0.29, 0.717) is 25.1 Å². The molecule has 0 bridgehead atoms. The van der Waals surface area contributed by atoms with E-state index in [0.717, 1.165) is 24.0 Å². The fourth-order valence-electron chi connectivity index (χ4n) is 6.02. The van der Waals surface area contributed by atoms with E-state index in [1.165, 1.54) is 0 Å². The third-order valence-corrected chi connectivity index (χ3v) is 7.37. The summed E-state index contributed by atoms with van der Waals surface area (Å²) in [6.45, 7) is 0.843. The Morgan fingerprint density at radius 2 is 1.71 bits per heavy atom. The minimum absolute atomic E-state index is 0.253. The second-order valence-electron chi connectivity index (χ2n) is 8.86. The number of amides is 2. The Kier molecular flexibility index (Phi) is 4.57. The minimum atomic E-state index is -1.43. The first-order valence-electron chi connectivity index (χ1n) is 10.8. The minimum Gasteiger partial charge on any atom is -0.345 e. The molecule has 3 aliphatic rings. The lowest BCUT2D eigenvalue weighted by Gasteiger charge is -2.48. The van der Waals surface area contributed by atoms with E-state index in [4.69, 9.17) is 0 Å².